The Morgan fingerprint density at radius 1 is 1.04 bits per heavy atom. The van der Waals surface area contributed by atoms with Gasteiger partial charge in [0.25, 0.3) is 5.91 Å². The third-order valence-electron chi connectivity index (χ3n) is 5.03. The second kappa shape index (κ2) is 9.06. The molecule has 2 aromatic carbocycles. The van der Waals surface area contributed by atoms with Gasteiger partial charge < -0.3 is 14.4 Å². The van der Waals surface area contributed by atoms with Crippen LogP contribution < -0.4 is 9.47 Å². The highest BCUT2D eigenvalue weighted by Crippen LogP contribution is 2.20. The fourth-order valence-corrected chi connectivity index (χ4v) is 3.41. The number of piperazine rings is 1. The Bertz CT molecular complexity index is 833. The smallest absolute Gasteiger partial charge is 0.260 e. The lowest BCUT2D eigenvalue weighted by Crippen LogP contribution is -2.49. The van der Waals surface area contributed by atoms with Crippen molar-refractivity contribution in [3.8, 4) is 11.5 Å². The molecule has 1 saturated heterocycles. The highest BCUT2D eigenvalue weighted by atomic mass is 19.1. The summed E-state index contributed by atoms with van der Waals surface area (Å²) < 4.78 is 24.5. The number of carbonyl (C=O) groups excluding carboxylic acids is 1. The molecule has 1 aliphatic rings. The lowest BCUT2D eigenvalue weighted by Gasteiger charge is -2.34. The Morgan fingerprint density at radius 3 is 2.39 bits per heavy atom. The summed E-state index contributed by atoms with van der Waals surface area (Å²) in [5.41, 5.74) is 3.10. The zero-order valence-electron chi connectivity index (χ0n) is 16.7. The van der Waals surface area contributed by atoms with E-state index in [-0.39, 0.29) is 24.1 Å². The molecular formula is C22H27FN2O3. The van der Waals surface area contributed by atoms with E-state index in [0.29, 0.717) is 19.6 Å². The van der Waals surface area contributed by atoms with E-state index in [9.17, 15) is 9.18 Å². The van der Waals surface area contributed by atoms with Crippen LogP contribution in [0.15, 0.2) is 36.4 Å². The van der Waals surface area contributed by atoms with Gasteiger partial charge in [-0.15, -0.1) is 0 Å². The number of hydrogen-bond donors (Lipinski definition) is 0. The number of amides is 1. The van der Waals surface area contributed by atoms with Crippen molar-refractivity contribution in [3.05, 3.63) is 58.9 Å². The topological polar surface area (TPSA) is 42.0 Å². The van der Waals surface area contributed by atoms with Crippen LogP contribution in [0.1, 0.15) is 16.7 Å². The Hall–Kier alpha value is -2.60. The minimum absolute atomic E-state index is 0.00452. The van der Waals surface area contributed by atoms with Crippen molar-refractivity contribution in [3.63, 3.8) is 0 Å². The minimum atomic E-state index is -0.350. The monoisotopic (exact) mass is 386 g/mol. The number of halogens is 1. The van der Waals surface area contributed by atoms with Gasteiger partial charge in [0.1, 0.15) is 5.75 Å². The minimum Gasteiger partial charge on any atom is -0.494 e. The van der Waals surface area contributed by atoms with Crippen molar-refractivity contribution < 1.29 is 18.7 Å². The summed E-state index contributed by atoms with van der Waals surface area (Å²) in [5, 5.41) is 0. The van der Waals surface area contributed by atoms with E-state index in [2.05, 4.69) is 4.90 Å². The lowest BCUT2D eigenvalue weighted by atomic mass is 10.1. The maximum atomic E-state index is 13.8. The van der Waals surface area contributed by atoms with E-state index in [1.807, 2.05) is 43.0 Å². The fourth-order valence-electron chi connectivity index (χ4n) is 3.41. The predicted octanol–water partition coefficient (Wildman–Crippen LogP) is 3.17. The summed E-state index contributed by atoms with van der Waals surface area (Å²) in [5.74, 6) is 0.648. The number of rotatable bonds is 6. The van der Waals surface area contributed by atoms with E-state index in [0.717, 1.165) is 30.0 Å². The van der Waals surface area contributed by atoms with Crippen molar-refractivity contribution in [1.29, 1.82) is 0 Å². The molecule has 0 atom stereocenters. The molecule has 1 aliphatic heterocycles. The summed E-state index contributed by atoms with van der Waals surface area (Å²) >= 11 is 0. The van der Waals surface area contributed by atoms with Gasteiger partial charge in [-0.3, -0.25) is 9.69 Å². The van der Waals surface area contributed by atoms with Gasteiger partial charge in [-0.1, -0.05) is 23.8 Å². The second-order valence-electron chi connectivity index (χ2n) is 7.18. The molecule has 0 saturated carbocycles. The van der Waals surface area contributed by atoms with Gasteiger partial charge in [0.15, 0.2) is 18.2 Å². The number of nitrogens with zero attached hydrogens (tertiary/aromatic N) is 2. The zero-order valence-corrected chi connectivity index (χ0v) is 16.7. The molecule has 2 aromatic rings. The third kappa shape index (κ3) is 5.01. The lowest BCUT2D eigenvalue weighted by molar-refractivity contribution is -0.135. The molecule has 3 rings (SSSR count). The Labute approximate surface area is 165 Å². The van der Waals surface area contributed by atoms with Gasteiger partial charge in [-0.05, 0) is 43.2 Å². The Morgan fingerprint density at radius 2 is 1.75 bits per heavy atom. The van der Waals surface area contributed by atoms with Crippen molar-refractivity contribution in [2.75, 3.05) is 39.9 Å². The molecule has 0 N–H and O–H groups in total. The second-order valence-corrected chi connectivity index (χ2v) is 7.18. The SMILES string of the molecule is COc1ccc(CN2CCN(C(=O)COc3ccc(C)cc3C)CC2)cc1F. The molecule has 5 nitrogen and oxygen atoms in total. The van der Waals surface area contributed by atoms with Gasteiger partial charge in [-0.25, -0.2) is 4.39 Å². The zero-order chi connectivity index (χ0) is 20.1. The molecule has 6 heteroatoms. The number of ether oxygens (including phenoxy) is 2. The summed E-state index contributed by atoms with van der Waals surface area (Å²) in [6.07, 6.45) is 0. The summed E-state index contributed by atoms with van der Waals surface area (Å²) in [6.45, 7) is 7.51. The van der Waals surface area contributed by atoms with E-state index < -0.39 is 0 Å². The molecule has 150 valence electrons. The number of methoxy groups -OCH3 is 1. The summed E-state index contributed by atoms with van der Waals surface area (Å²) in [4.78, 5) is 16.5. The maximum Gasteiger partial charge on any atom is 0.260 e. The van der Waals surface area contributed by atoms with E-state index >= 15 is 0 Å². The maximum absolute atomic E-state index is 13.8. The van der Waals surface area contributed by atoms with Gasteiger partial charge in [0.2, 0.25) is 0 Å². The first-order valence-electron chi connectivity index (χ1n) is 9.49. The standard InChI is InChI=1S/C22H27FN2O3/c1-16-4-6-20(17(2)12-16)28-15-22(26)25-10-8-24(9-11-25)14-18-5-7-21(27-3)19(23)13-18/h4-7,12-13H,8-11,14-15H2,1-3H3. The number of carbonyl (C=O) groups is 1. The first kappa shape index (κ1) is 20.1. The molecule has 1 fully saturated rings. The molecule has 0 unspecified atom stereocenters. The van der Waals surface area contributed by atoms with Crippen molar-refractivity contribution in [2.24, 2.45) is 0 Å². The number of hydrogen-bond acceptors (Lipinski definition) is 4. The normalized spacial score (nSPS) is 14.8. The van der Waals surface area contributed by atoms with Gasteiger partial charge in [-0.2, -0.15) is 0 Å². The van der Waals surface area contributed by atoms with Crippen LogP contribution in [0.5, 0.6) is 11.5 Å². The van der Waals surface area contributed by atoms with Crippen LogP contribution in [-0.4, -0.2) is 55.6 Å². The summed E-state index contributed by atoms with van der Waals surface area (Å²) in [6, 6.07) is 11.0. The average Bonchev–Trinajstić information content (AvgIpc) is 2.68. The van der Waals surface area contributed by atoms with E-state index in [1.54, 1.807) is 6.07 Å². The van der Waals surface area contributed by atoms with Crippen LogP contribution in [0.3, 0.4) is 0 Å². The third-order valence-corrected chi connectivity index (χ3v) is 5.03. The van der Waals surface area contributed by atoms with E-state index in [1.165, 1.54) is 18.7 Å². The van der Waals surface area contributed by atoms with Crippen molar-refractivity contribution in [2.45, 2.75) is 20.4 Å². The molecule has 0 aromatic heterocycles. The van der Waals surface area contributed by atoms with Gasteiger partial charge in [0.05, 0.1) is 7.11 Å². The summed E-state index contributed by atoms with van der Waals surface area (Å²) in [7, 11) is 1.46. The number of benzene rings is 2. The molecule has 0 bridgehead atoms. The Kier molecular flexibility index (Phi) is 6.52. The van der Waals surface area contributed by atoms with Crippen molar-refractivity contribution in [1.82, 2.24) is 9.80 Å². The molecule has 28 heavy (non-hydrogen) atoms. The van der Waals surface area contributed by atoms with Crippen LogP contribution in [0.2, 0.25) is 0 Å². The predicted molar refractivity (Wildman–Crippen MR) is 106 cm³/mol. The average molecular weight is 386 g/mol. The first-order chi connectivity index (χ1) is 13.5. The van der Waals surface area contributed by atoms with Gasteiger partial charge >= 0.3 is 0 Å². The Balaban J connectivity index is 1.46. The highest BCUT2D eigenvalue weighted by Gasteiger charge is 2.22. The van der Waals surface area contributed by atoms with E-state index in [4.69, 9.17) is 9.47 Å². The van der Waals surface area contributed by atoms with Gasteiger partial charge in [0, 0.05) is 32.7 Å². The van der Waals surface area contributed by atoms with Crippen molar-refractivity contribution >= 4 is 5.91 Å². The van der Waals surface area contributed by atoms with Crippen LogP contribution in [0.4, 0.5) is 4.39 Å². The number of aryl methyl sites for hydroxylation is 2. The first-order valence-corrected chi connectivity index (χ1v) is 9.49. The van der Waals surface area contributed by atoms with Crippen LogP contribution in [0, 0.1) is 19.7 Å². The van der Waals surface area contributed by atoms with Crippen LogP contribution >= 0.6 is 0 Å². The largest absolute Gasteiger partial charge is 0.494 e. The highest BCUT2D eigenvalue weighted by molar-refractivity contribution is 5.78. The van der Waals surface area contributed by atoms with Crippen LogP contribution in [-0.2, 0) is 11.3 Å². The molecule has 0 radical (unpaired) electrons. The van der Waals surface area contributed by atoms with Crippen LogP contribution in [0.25, 0.3) is 0 Å². The molecule has 1 heterocycles. The molecular weight excluding hydrogens is 359 g/mol. The molecule has 0 aliphatic carbocycles. The quantitative estimate of drug-likeness (QED) is 0.765. The fraction of sp³-hybridized carbons (Fsp3) is 0.409. The molecule has 0 spiro atoms. The molecule has 1 amide bonds.